The molecule has 0 aliphatic carbocycles. The number of pyridine rings is 1. The van der Waals surface area contributed by atoms with Crippen molar-refractivity contribution in [2.24, 2.45) is 0 Å². The molecule has 0 fully saturated rings. The summed E-state index contributed by atoms with van der Waals surface area (Å²) in [6.07, 6.45) is 3.78. The zero-order chi connectivity index (χ0) is 11.4. The summed E-state index contributed by atoms with van der Waals surface area (Å²) >= 11 is 1.74. The average Bonchev–Trinajstić information content (AvgIpc) is 2.80. The maximum atomic E-state index is 4.14. The Kier molecular flexibility index (Phi) is 3.70. The summed E-state index contributed by atoms with van der Waals surface area (Å²) < 4.78 is 0. The smallest absolute Gasteiger partial charge is 0.0588 e. The van der Waals surface area contributed by atoms with Crippen molar-refractivity contribution in [1.29, 1.82) is 0 Å². The van der Waals surface area contributed by atoms with E-state index in [4.69, 9.17) is 0 Å². The van der Waals surface area contributed by atoms with Crippen molar-refractivity contribution in [3.63, 3.8) is 0 Å². The minimum atomic E-state index is 0.291. The van der Waals surface area contributed by atoms with E-state index in [1.807, 2.05) is 12.4 Å². The molecule has 2 aromatic rings. The number of nitrogens with zero attached hydrogens (tertiary/aromatic N) is 1. The Morgan fingerprint density at radius 3 is 2.94 bits per heavy atom. The highest BCUT2D eigenvalue weighted by atomic mass is 32.1. The fourth-order valence-corrected chi connectivity index (χ4v) is 2.54. The molecule has 2 aromatic heterocycles. The third-order valence-electron chi connectivity index (χ3n) is 2.66. The number of hydrogen-bond donors (Lipinski definition) is 1. The molecule has 0 amide bonds. The molecule has 0 radical (unpaired) electrons. The summed E-state index contributed by atoms with van der Waals surface area (Å²) in [5, 5.41) is 7.84. The van der Waals surface area contributed by atoms with Gasteiger partial charge in [-0.15, -0.1) is 0 Å². The van der Waals surface area contributed by atoms with Crippen LogP contribution in [0.1, 0.15) is 29.7 Å². The van der Waals surface area contributed by atoms with Crippen LogP contribution in [0, 0.1) is 6.92 Å². The number of aryl methyl sites for hydroxylation is 1. The van der Waals surface area contributed by atoms with E-state index in [2.05, 4.69) is 47.0 Å². The van der Waals surface area contributed by atoms with E-state index >= 15 is 0 Å². The van der Waals surface area contributed by atoms with Crippen LogP contribution in [0.15, 0.2) is 35.3 Å². The molecule has 84 valence electrons. The quantitative estimate of drug-likeness (QED) is 0.876. The molecular weight excluding hydrogens is 216 g/mol. The van der Waals surface area contributed by atoms with Crippen LogP contribution in [0.4, 0.5) is 0 Å². The third kappa shape index (κ3) is 2.31. The molecule has 0 bridgehead atoms. The van der Waals surface area contributed by atoms with Crippen molar-refractivity contribution in [2.45, 2.75) is 19.9 Å². The van der Waals surface area contributed by atoms with Crippen LogP contribution in [-0.4, -0.2) is 11.5 Å². The summed E-state index contributed by atoms with van der Waals surface area (Å²) in [6.45, 7) is 5.21. The van der Waals surface area contributed by atoms with Crippen LogP contribution in [0.2, 0.25) is 0 Å². The molecule has 1 unspecified atom stereocenters. The van der Waals surface area contributed by atoms with Crippen LogP contribution in [0.25, 0.3) is 0 Å². The lowest BCUT2D eigenvalue weighted by Crippen LogP contribution is -2.22. The first-order chi connectivity index (χ1) is 7.83. The van der Waals surface area contributed by atoms with Gasteiger partial charge in [0.05, 0.1) is 6.04 Å². The fraction of sp³-hybridized carbons (Fsp3) is 0.308. The van der Waals surface area contributed by atoms with Crippen molar-refractivity contribution in [2.75, 3.05) is 6.54 Å². The van der Waals surface area contributed by atoms with Crippen molar-refractivity contribution < 1.29 is 0 Å². The lowest BCUT2D eigenvalue weighted by molar-refractivity contribution is 0.628. The molecule has 0 aromatic carbocycles. The first-order valence-electron chi connectivity index (χ1n) is 5.49. The van der Waals surface area contributed by atoms with Gasteiger partial charge in [-0.05, 0) is 53.1 Å². The van der Waals surface area contributed by atoms with Gasteiger partial charge >= 0.3 is 0 Å². The summed E-state index contributed by atoms with van der Waals surface area (Å²) in [6, 6.07) is 4.57. The van der Waals surface area contributed by atoms with Gasteiger partial charge < -0.3 is 5.32 Å². The van der Waals surface area contributed by atoms with E-state index in [0.717, 1.165) is 6.54 Å². The second kappa shape index (κ2) is 5.23. The fourth-order valence-electron chi connectivity index (χ4n) is 1.86. The van der Waals surface area contributed by atoms with Gasteiger partial charge in [-0.1, -0.05) is 6.92 Å². The zero-order valence-corrected chi connectivity index (χ0v) is 10.4. The highest BCUT2D eigenvalue weighted by Crippen LogP contribution is 2.25. The summed E-state index contributed by atoms with van der Waals surface area (Å²) in [5.41, 5.74) is 3.89. The van der Waals surface area contributed by atoms with E-state index < -0.39 is 0 Å². The minimum Gasteiger partial charge on any atom is -0.306 e. The van der Waals surface area contributed by atoms with Gasteiger partial charge in [0.2, 0.25) is 0 Å². The van der Waals surface area contributed by atoms with E-state index in [0.29, 0.717) is 6.04 Å². The molecular formula is C13H16N2S. The lowest BCUT2D eigenvalue weighted by atomic mass is 9.98. The first kappa shape index (κ1) is 11.3. The predicted molar refractivity (Wildman–Crippen MR) is 68.8 cm³/mol. The number of rotatable bonds is 4. The van der Waals surface area contributed by atoms with Crippen molar-refractivity contribution in [3.05, 3.63) is 52.0 Å². The summed E-state index contributed by atoms with van der Waals surface area (Å²) in [4.78, 5) is 4.14. The minimum absolute atomic E-state index is 0.291. The van der Waals surface area contributed by atoms with Gasteiger partial charge in [0.1, 0.15) is 0 Å². The van der Waals surface area contributed by atoms with Crippen molar-refractivity contribution >= 4 is 11.3 Å². The molecule has 2 rings (SSSR count). The van der Waals surface area contributed by atoms with Gasteiger partial charge in [0.25, 0.3) is 0 Å². The van der Waals surface area contributed by atoms with E-state index in [9.17, 15) is 0 Å². The standard InChI is InChI=1S/C13H16N2S/c1-3-15-13(11-5-7-16-9-11)12-4-6-14-8-10(12)2/h4-9,13,15H,3H2,1-2H3. The Morgan fingerprint density at radius 1 is 1.44 bits per heavy atom. The summed E-state index contributed by atoms with van der Waals surface area (Å²) in [7, 11) is 0. The number of aromatic nitrogens is 1. The topological polar surface area (TPSA) is 24.9 Å². The molecule has 16 heavy (non-hydrogen) atoms. The Bertz CT molecular complexity index is 437. The first-order valence-corrected chi connectivity index (χ1v) is 6.43. The molecule has 0 saturated carbocycles. The second-order valence-electron chi connectivity index (χ2n) is 3.78. The Labute approximate surface area is 100 Å². The molecule has 0 spiro atoms. The average molecular weight is 232 g/mol. The molecule has 2 heterocycles. The van der Waals surface area contributed by atoms with E-state index in [1.165, 1.54) is 16.7 Å². The highest BCUT2D eigenvalue weighted by Gasteiger charge is 2.14. The van der Waals surface area contributed by atoms with E-state index in [1.54, 1.807) is 11.3 Å². The number of hydrogen-bond acceptors (Lipinski definition) is 3. The Balaban J connectivity index is 2.37. The van der Waals surface area contributed by atoms with Gasteiger partial charge in [-0.25, -0.2) is 0 Å². The molecule has 0 aliphatic rings. The SMILES string of the molecule is CCNC(c1ccsc1)c1ccncc1C. The number of nitrogens with one attached hydrogen (secondary N) is 1. The predicted octanol–water partition coefficient (Wildman–Crippen LogP) is 3.15. The molecule has 0 saturated heterocycles. The van der Waals surface area contributed by atoms with Gasteiger partial charge in [-0.2, -0.15) is 11.3 Å². The Morgan fingerprint density at radius 2 is 2.31 bits per heavy atom. The van der Waals surface area contributed by atoms with Crippen LogP contribution >= 0.6 is 11.3 Å². The van der Waals surface area contributed by atoms with Crippen molar-refractivity contribution in [1.82, 2.24) is 10.3 Å². The molecule has 0 aliphatic heterocycles. The Hall–Kier alpha value is -1.19. The maximum absolute atomic E-state index is 4.14. The normalized spacial score (nSPS) is 12.6. The van der Waals surface area contributed by atoms with Crippen molar-refractivity contribution in [3.8, 4) is 0 Å². The largest absolute Gasteiger partial charge is 0.306 e. The van der Waals surface area contributed by atoms with Gasteiger partial charge in [-0.3, -0.25) is 4.98 Å². The second-order valence-corrected chi connectivity index (χ2v) is 4.56. The molecule has 1 N–H and O–H groups in total. The molecule has 1 atom stereocenters. The van der Waals surface area contributed by atoms with Crippen LogP contribution < -0.4 is 5.32 Å². The number of thiophene rings is 1. The third-order valence-corrected chi connectivity index (χ3v) is 3.36. The van der Waals surface area contributed by atoms with Crippen LogP contribution in [0.5, 0.6) is 0 Å². The highest BCUT2D eigenvalue weighted by molar-refractivity contribution is 7.08. The molecule has 3 heteroatoms. The molecule has 2 nitrogen and oxygen atoms in total. The maximum Gasteiger partial charge on any atom is 0.0588 e. The van der Waals surface area contributed by atoms with E-state index in [-0.39, 0.29) is 0 Å². The van der Waals surface area contributed by atoms with Gasteiger partial charge in [0.15, 0.2) is 0 Å². The van der Waals surface area contributed by atoms with Crippen LogP contribution in [-0.2, 0) is 0 Å². The van der Waals surface area contributed by atoms with Gasteiger partial charge in [0, 0.05) is 12.4 Å². The van der Waals surface area contributed by atoms with Crippen LogP contribution in [0.3, 0.4) is 0 Å². The zero-order valence-electron chi connectivity index (χ0n) is 9.60. The monoisotopic (exact) mass is 232 g/mol. The lowest BCUT2D eigenvalue weighted by Gasteiger charge is -2.19. The summed E-state index contributed by atoms with van der Waals surface area (Å²) in [5.74, 6) is 0.